The lowest BCUT2D eigenvalue weighted by Gasteiger charge is -2.20. The van der Waals surface area contributed by atoms with Crippen LogP contribution in [0.2, 0.25) is 0 Å². The van der Waals surface area contributed by atoms with Crippen LogP contribution in [0.5, 0.6) is 0 Å². The zero-order valence-electron chi connectivity index (χ0n) is 9.76. The fraction of sp³-hybridized carbons (Fsp3) is 0.188. The molecule has 0 amide bonds. The highest BCUT2D eigenvalue weighted by Crippen LogP contribution is 2.57. The Hall–Kier alpha value is -2.09. The molecule has 18 heavy (non-hydrogen) atoms. The number of hydrogen-bond acceptors (Lipinski definition) is 1. The predicted octanol–water partition coefficient (Wildman–Crippen LogP) is 3.37. The monoisotopic (exact) mass is 236 g/mol. The van der Waals surface area contributed by atoms with Crippen LogP contribution in [0, 0.1) is 0 Å². The number of carbonyl (C=O) groups is 1. The predicted molar refractivity (Wildman–Crippen MR) is 68.1 cm³/mol. The first-order valence-electron chi connectivity index (χ1n) is 6.22. The Bertz CT molecular complexity index is 673. The Labute approximate surface area is 105 Å². The molecule has 88 valence electrons. The molecule has 2 aromatic rings. The minimum absolute atomic E-state index is 0.286. The number of benzene rings is 2. The van der Waals surface area contributed by atoms with E-state index in [0.29, 0.717) is 11.5 Å². The van der Waals surface area contributed by atoms with Crippen LogP contribution in [-0.4, -0.2) is 11.1 Å². The van der Waals surface area contributed by atoms with Crippen LogP contribution in [0.4, 0.5) is 0 Å². The van der Waals surface area contributed by atoms with Gasteiger partial charge in [0.2, 0.25) is 0 Å². The summed E-state index contributed by atoms with van der Waals surface area (Å²) in [7, 11) is 0. The van der Waals surface area contributed by atoms with Crippen LogP contribution >= 0.6 is 0 Å². The molecule has 0 saturated carbocycles. The van der Waals surface area contributed by atoms with Crippen molar-refractivity contribution in [2.75, 3.05) is 0 Å². The first-order valence-corrected chi connectivity index (χ1v) is 6.22. The van der Waals surface area contributed by atoms with Crippen LogP contribution < -0.4 is 0 Å². The van der Waals surface area contributed by atoms with E-state index >= 15 is 0 Å². The van der Waals surface area contributed by atoms with Gasteiger partial charge in [-0.15, -0.1) is 0 Å². The quantitative estimate of drug-likeness (QED) is 0.824. The highest BCUT2D eigenvalue weighted by molar-refractivity contribution is 5.91. The Morgan fingerprint density at radius 3 is 2.33 bits per heavy atom. The van der Waals surface area contributed by atoms with Gasteiger partial charge in [-0.2, -0.15) is 0 Å². The van der Waals surface area contributed by atoms with Gasteiger partial charge in [0, 0.05) is 11.8 Å². The lowest BCUT2D eigenvalue weighted by molar-refractivity contribution is 0.0695. The van der Waals surface area contributed by atoms with Crippen LogP contribution in [0.3, 0.4) is 0 Å². The van der Waals surface area contributed by atoms with E-state index in [1.807, 2.05) is 12.1 Å². The average molecular weight is 236 g/mol. The fourth-order valence-corrected chi connectivity index (χ4v) is 3.67. The van der Waals surface area contributed by atoms with E-state index in [1.165, 1.54) is 16.7 Å². The molecule has 2 aliphatic rings. The molecular weight excluding hydrogens is 224 g/mol. The maximum atomic E-state index is 11.3. The van der Waals surface area contributed by atoms with Crippen molar-refractivity contribution in [2.24, 2.45) is 0 Å². The van der Waals surface area contributed by atoms with Crippen molar-refractivity contribution < 1.29 is 9.90 Å². The zero-order valence-corrected chi connectivity index (χ0v) is 9.76. The van der Waals surface area contributed by atoms with Gasteiger partial charge in [0.15, 0.2) is 0 Å². The summed E-state index contributed by atoms with van der Waals surface area (Å²) in [6.45, 7) is 0. The number of fused-ring (bicyclic) bond motifs is 8. The molecule has 2 unspecified atom stereocenters. The molecule has 2 heteroatoms. The second-order valence-electron chi connectivity index (χ2n) is 5.08. The summed E-state index contributed by atoms with van der Waals surface area (Å²) >= 11 is 0. The Morgan fingerprint density at radius 1 is 0.944 bits per heavy atom. The molecule has 0 aliphatic heterocycles. The van der Waals surface area contributed by atoms with Gasteiger partial charge in [-0.25, -0.2) is 4.79 Å². The maximum absolute atomic E-state index is 11.3. The lowest BCUT2D eigenvalue weighted by Crippen LogP contribution is -2.09. The normalized spacial score (nSPS) is 22.7. The molecule has 4 rings (SSSR count). The SMILES string of the molecule is O=C(O)c1cccc2c1C1CC2c2ccccc21. The molecule has 0 saturated heterocycles. The largest absolute Gasteiger partial charge is 0.478 e. The summed E-state index contributed by atoms with van der Waals surface area (Å²) in [4.78, 5) is 11.3. The highest BCUT2D eigenvalue weighted by atomic mass is 16.4. The van der Waals surface area contributed by atoms with Crippen LogP contribution in [0.25, 0.3) is 0 Å². The van der Waals surface area contributed by atoms with Crippen molar-refractivity contribution >= 4 is 5.97 Å². The molecule has 0 heterocycles. The third kappa shape index (κ3) is 1.05. The summed E-state index contributed by atoms with van der Waals surface area (Å²) in [5.41, 5.74) is 5.46. The smallest absolute Gasteiger partial charge is 0.335 e. The van der Waals surface area contributed by atoms with Crippen molar-refractivity contribution in [3.8, 4) is 0 Å². The Morgan fingerprint density at radius 2 is 1.61 bits per heavy atom. The molecule has 2 aromatic carbocycles. The van der Waals surface area contributed by atoms with Crippen molar-refractivity contribution in [1.82, 2.24) is 0 Å². The first kappa shape index (κ1) is 9.89. The number of carboxylic acids is 1. The maximum Gasteiger partial charge on any atom is 0.335 e. The average Bonchev–Trinajstić information content (AvgIpc) is 2.95. The minimum Gasteiger partial charge on any atom is -0.478 e. The second kappa shape index (κ2) is 3.22. The van der Waals surface area contributed by atoms with Gasteiger partial charge in [0.05, 0.1) is 5.56 Å². The summed E-state index contributed by atoms with van der Waals surface area (Å²) in [6, 6.07) is 14.1. The second-order valence-corrected chi connectivity index (χ2v) is 5.08. The fourth-order valence-electron chi connectivity index (χ4n) is 3.67. The van der Waals surface area contributed by atoms with Crippen molar-refractivity contribution in [1.29, 1.82) is 0 Å². The number of rotatable bonds is 1. The molecule has 0 spiro atoms. The summed E-state index contributed by atoms with van der Waals surface area (Å²) in [5, 5.41) is 9.33. The van der Waals surface area contributed by atoms with E-state index in [9.17, 15) is 9.90 Å². The molecule has 2 bridgehead atoms. The lowest BCUT2D eigenvalue weighted by atomic mass is 9.84. The summed E-state index contributed by atoms with van der Waals surface area (Å²) in [5.74, 6) is -0.120. The van der Waals surface area contributed by atoms with Crippen molar-refractivity contribution in [2.45, 2.75) is 18.3 Å². The van der Waals surface area contributed by atoms with E-state index in [1.54, 1.807) is 6.07 Å². The van der Waals surface area contributed by atoms with Gasteiger partial charge in [-0.3, -0.25) is 0 Å². The van der Waals surface area contributed by atoms with Gasteiger partial charge >= 0.3 is 5.97 Å². The molecule has 2 aliphatic carbocycles. The van der Waals surface area contributed by atoms with E-state index in [0.717, 1.165) is 12.0 Å². The molecule has 1 N–H and O–H groups in total. The molecule has 2 atom stereocenters. The number of carboxylic acid groups (broad SMARTS) is 1. The standard InChI is InChI=1S/C16H12O2/c17-16(18)12-7-3-6-11-13-8-14(15(11)12)10-5-2-1-4-9(10)13/h1-7,13-14H,8H2,(H,17,18). The van der Waals surface area contributed by atoms with Crippen molar-refractivity contribution in [3.63, 3.8) is 0 Å². The van der Waals surface area contributed by atoms with Gasteiger partial charge in [-0.05, 0) is 34.7 Å². The summed E-state index contributed by atoms with van der Waals surface area (Å²) in [6.07, 6.45) is 1.04. The van der Waals surface area contributed by atoms with Crippen LogP contribution in [-0.2, 0) is 0 Å². The molecule has 0 radical (unpaired) electrons. The third-order valence-corrected chi connectivity index (χ3v) is 4.31. The topological polar surface area (TPSA) is 37.3 Å². The Kier molecular flexibility index (Phi) is 1.77. The van der Waals surface area contributed by atoms with Gasteiger partial charge in [-0.1, -0.05) is 36.4 Å². The molecule has 0 aromatic heterocycles. The van der Waals surface area contributed by atoms with E-state index in [4.69, 9.17) is 0 Å². The first-order chi connectivity index (χ1) is 8.77. The molecule has 0 fully saturated rings. The van der Waals surface area contributed by atoms with Crippen LogP contribution in [0.1, 0.15) is 50.9 Å². The number of hydrogen-bond donors (Lipinski definition) is 1. The Balaban J connectivity index is 2.00. The van der Waals surface area contributed by atoms with Gasteiger partial charge in [0.1, 0.15) is 0 Å². The van der Waals surface area contributed by atoms with E-state index < -0.39 is 5.97 Å². The summed E-state index contributed by atoms with van der Waals surface area (Å²) < 4.78 is 0. The van der Waals surface area contributed by atoms with E-state index in [2.05, 4.69) is 24.3 Å². The minimum atomic E-state index is -0.808. The third-order valence-electron chi connectivity index (χ3n) is 4.31. The molecular formula is C16H12O2. The zero-order chi connectivity index (χ0) is 12.3. The van der Waals surface area contributed by atoms with E-state index in [-0.39, 0.29) is 5.92 Å². The van der Waals surface area contributed by atoms with Crippen LogP contribution in [0.15, 0.2) is 42.5 Å². The molecule has 2 nitrogen and oxygen atoms in total. The highest BCUT2D eigenvalue weighted by Gasteiger charge is 2.42. The van der Waals surface area contributed by atoms with Crippen molar-refractivity contribution in [3.05, 3.63) is 70.3 Å². The van der Waals surface area contributed by atoms with Gasteiger partial charge < -0.3 is 5.11 Å². The van der Waals surface area contributed by atoms with Gasteiger partial charge in [0.25, 0.3) is 0 Å². The number of aromatic carboxylic acids is 1.